The third kappa shape index (κ3) is 5.99. The molecule has 0 radical (unpaired) electrons. The summed E-state index contributed by atoms with van der Waals surface area (Å²) in [5.74, 6) is 1.67. The highest BCUT2D eigenvalue weighted by molar-refractivity contribution is 7.25. The Hall–Kier alpha value is -5.84. The Morgan fingerprint density at radius 1 is 0.660 bits per heavy atom. The molecule has 0 fully saturated rings. The molecule has 2 heterocycles. The van der Waals surface area contributed by atoms with Gasteiger partial charge < -0.3 is 4.90 Å². The summed E-state index contributed by atoms with van der Waals surface area (Å²) in [7, 11) is 2.09. The van der Waals surface area contributed by atoms with Crippen molar-refractivity contribution in [3.8, 4) is 22.3 Å². The standard InChI is InChI=1S/C46H37N3S/c1-4-5-15-31(2)34-20-12-21-35(28-34)36-22-13-23-37(29-36)38-26-27-41-40(30-38)43-39(24-14-25-42(43)50-41)44-47-45(32-16-8-6-9-17-32)49(3)46(48-44)33-18-10-7-11-19-33/h4-30,45H,1-3H3/b5-4-,31-15+. The van der Waals surface area contributed by atoms with Crippen molar-refractivity contribution >= 4 is 48.8 Å². The van der Waals surface area contributed by atoms with Gasteiger partial charge in [-0.3, -0.25) is 0 Å². The Labute approximate surface area is 297 Å². The highest BCUT2D eigenvalue weighted by Gasteiger charge is 2.27. The summed E-state index contributed by atoms with van der Waals surface area (Å²) in [5, 5.41) is 2.43. The molecule has 1 unspecified atom stereocenters. The minimum atomic E-state index is -0.196. The average Bonchev–Trinajstić information content (AvgIpc) is 3.56. The topological polar surface area (TPSA) is 28.0 Å². The molecule has 50 heavy (non-hydrogen) atoms. The van der Waals surface area contributed by atoms with Crippen molar-refractivity contribution in [2.45, 2.75) is 20.0 Å². The molecule has 0 saturated heterocycles. The summed E-state index contributed by atoms with van der Waals surface area (Å²) >= 11 is 1.82. The van der Waals surface area contributed by atoms with Gasteiger partial charge >= 0.3 is 0 Å². The molecular formula is C46H37N3S. The van der Waals surface area contributed by atoms with Crippen molar-refractivity contribution in [1.29, 1.82) is 0 Å². The van der Waals surface area contributed by atoms with E-state index in [4.69, 9.17) is 9.98 Å². The minimum Gasteiger partial charge on any atom is -0.333 e. The number of benzene rings is 6. The van der Waals surface area contributed by atoms with E-state index in [2.05, 4.69) is 177 Å². The van der Waals surface area contributed by atoms with Gasteiger partial charge in [-0.1, -0.05) is 133 Å². The molecule has 0 amide bonds. The first-order chi connectivity index (χ1) is 24.6. The molecule has 0 bridgehead atoms. The number of thiophene rings is 1. The average molecular weight is 664 g/mol. The van der Waals surface area contributed by atoms with Crippen LogP contribution in [0.4, 0.5) is 0 Å². The SMILES string of the molecule is C/C=C\C=C(/C)c1cccc(-c2cccc(-c3ccc4sc5cccc(C6=NC(c7ccccc7)N(C)C(c7ccccc7)=N6)c5c4c3)c2)c1. The predicted molar refractivity (Wildman–Crippen MR) is 215 cm³/mol. The summed E-state index contributed by atoms with van der Waals surface area (Å²) < 4.78 is 2.49. The van der Waals surface area contributed by atoms with Gasteiger partial charge in [-0.25, -0.2) is 9.98 Å². The molecule has 8 rings (SSSR count). The van der Waals surface area contributed by atoms with Crippen molar-refractivity contribution in [3.05, 3.63) is 186 Å². The highest BCUT2D eigenvalue weighted by atomic mass is 32.1. The van der Waals surface area contributed by atoms with Gasteiger partial charge in [0, 0.05) is 38.3 Å². The summed E-state index contributed by atoms with van der Waals surface area (Å²) in [4.78, 5) is 12.8. The highest BCUT2D eigenvalue weighted by Crippen LogP contribution is 2.40. The van der Waals surface area contributed by atoms with Crippen LogP contribution in [0, 0.1) is 0 Å². The number of rotatable bonds is 7. The van der Waals surface area contributed by atoms with Gasteiger partial charge in [-0.05, 0) is 83.1 Å². The van der Waals surface area contributed by atoms with E-state index in [1.807, 2.05) is 24.3 Å². The fourth-order valence-corrected chi connectivity index (χ4v) is 7.90. The lowest BCUT2D eigenvalue weighted by atomic mass is 9.95. The third-order valence-electron chi connectivity index (χ3n) is 9.41. The van der Waals surface area contributed by atoms with Crippen LogP contribution in [0.3, 0.4) is 0 Å². The van der Waals surface area contributed by atoms with E-state index in [9.17, 15) is 0 Å². The zero-order valence-corrected chi connectivity index (χ0v) is 29.2. The van der Waals surface area contributed by atoms with E-state index < -0.39 is 0 Å². The molecule has 6 aromatic carbocycles. The zero-order chi connectivity index (χ0) is 34.0. The van der Waals surface area contributed by atoms with Crippen LogP contribution in [-0.2, 0) is 0 Å². The van der Waals surface area contributed by atoms with E-state index in [1.165, 1.54) is 53.6 Å². The molecule has 0 spiro atoms. The van der Waals surface area contributed by atoms with Crippen molar-refractivity contribution in [1.82, 2.24) is 4.90 Å². The fourth-order valence-electron chi connectivity index (χ4n) is 6.79. The van der Waals surface area contributed by atoms with Gasteiger partial charge in [-0.2, -0.15) is 0 Å². The second kappa shape index (κ2) is 13.6. The van der Waals surface area contributed by atoms with Crippen LogP contribution < -0.4 is 0 Å². The Kier molecular flexibility index (Phi) is 8.54. The number of amidine groups is 2. The number of allylic oxidation sites excluding steroid dienone is 4. The maximum atomic E-state index is 5.33. The smallest absolute Gasteiger partial charge is 0.160 e. The van der Waals surface area contributed by atoms with Gasteiger partial charge in [0.05, 0.1) is 0 Å². The van der Waals surface area contributed by atoms with Crippen LogP contribution in [0.15, 0.2) is 174 Å². The molecule has 1 aromatic heterocycles. The van der Waals surface area contributed by atoms with Crippen LogP contribution in [-0.4, -0.2) is 23.6 Å². The first-order valence-corrected chi connectivity index (χ1v) is 17.9. The fraction of sp³-hybridized carbons (Fsp3) is 0.0870. The molecule has 0 aliphatic carbocycles. The maximum absolute atomic E-state index is 5.33. The van der Waals surface area contributed by atoms with E-state index in [0.29, 0.717) is 0 Å². The largest absolute Gasteiger partial charge is 0.333 e. The molecule has 7 aromatic rings. The summed E-state index contributed by atoms with van der Waals surface area (Å²) in [6.45, 7) is 4.21. The first-order valence-electron chi connectivity index (χ1n) is 17.0. The summed E-state index contributed by atoms with van der Waals surface area (Å²) in [6, 6.07) is 52.0. The van der Waals surface area contributed by atoms with Crippen LogP contribution in [0.25, 0.3) is 48.0 Å². The van der Waals surface area contributed by atoms with Gasteiger partial charge in [-0.15, -0.1) is 11.3 Å². The lowest BCUT2D eigenvalue weighted by Crippen LogP contribution is -2.35. The van der Waals surface area contributed by atoms with E-state index in [-0.39, 0.29) is 6.17 Å². The predicted octanol–water partition coefficient (Wildman–Crippen LogP) is 12.2. The van der Waals surface area contributed by atoms with Crippen molar-refractivity contribution in [2.24, 2.45) is 9.98 Å². The summed E-state index contributed by atoms with van der Waals surface area (Å²) in [6.07, 6.45) is 6.12. The normalized spacial score (nSPS) is 15.1. The second-order valence-corrected chi connectivity index (χ2v) is 13.8. The van der Waals surface area contributed by atoms with E-state index >= 15 is 0 Å². The lowest BCUT2D eigenvalue weighted by molar-refractivity contribution is 0.383. The van der Waals surface area contributed by atoms with E-state index in [0.717, 1.165) is 28.4 Å². The monoisotopic (exact) mass is 663 g/mol. The Morgan fingerprint density at radius 3 is 2.08 bits per heavy atom. The number of aliphatic imine (C=N–C) groups is 2. The van der Waals surface area contributed by atoms with Crippen molar-refractivity contribution in [3.63, 3.8) is 0 Å². The van der Waals surface area contributed by atoms with Crippen LogP contribution in [0.5, 0.6) is 0 Å². The molecule has 1 aliphatic rings. The van der Waals surface area contributed by atoms with Crippen molar-refractivity contribution in [2.75, 3.05) is 7.05 Å². The molecular weight excluding hydrogens is 627 g/mol. The molecule has 3 nitrogen and oxygen atoms in total. The Morgan fingerprint density at radius 2 is 1.32 bits per heavy atom. The Balaban J connectivity index is 1.24. The maximum Gasteiger partial charge on any atom is 0.160 e. The second-order valence-electron chi connectivity index (χ2n) is 12.7. The molecule has 0 N–H and O–H groups in total. The lowest BCUT2D eigenvalue weighted by Gasteiger charge is -2.32. The zero-order valence-electron chi connectivity index (χ0n) is 28.4. The van der Waals surface area contributed by atoms with Gasteiger partial charge in [0.1, 0.15) is 12.0 Å². The minimum absolute atomic E-state index is 0.196. The molecule has 1 atom stereocenters. The van der Waals surface area contributed by atoms with Crippen molar-refractivity contribution < 1.29 is 0 Å². The van der Waals surface area contributed by atoms with Gasteiger partial charge in [0.2, 0.25) is 0 Å². The van der Waals surface area contributed by atoms with Crippen LogP contribution in [0.1, 0.15) is 42.3 Å². The number of hydrogen-bond acceptors (Lipinski definition) is 4. The number of nitrogens with zero attached hydrogens (tertiary/aromatic N) is 3. The third-order valence-corrected chi connectivity index (χ3v) is 10.5. The van der Waals surface area contributed by atoms with Gasteiger partial charge in [0.25, 0.3) is 0 Å². The molecule has 0 saturated carbocycles. The van der Waals surface area contributed by atoms with Crippen LogP contribution >= 0.6 is 11.3 Å². The van der Waals surface area contributed by atoms with Gasteiger partial charge in [0.15, 0.2) is 5.84 Å². The van der Waals surface area contributed by atoms with Crippen LogP contribution in [0.2, 0.25) is 0 Å². The number of fused-ring (bicyclic) bond motifs is 3. The first kappa shape index (κ1) is 31.4. The quantitative estimate of drug-likeness (QED) is 0.156. The molecule has 242 valence electrons. The number of hydrogen-bond donors (Lipinski definition) is 0. The summed E-state index contributed by atoms with van der Waals surface area (Å²) in [5.41, 5.74) is 10.5. The van der Waals surface area contributed by atoms with E-state index in [1.54, 1.807) is 0 Å². The molecule has 1 aliphatic heterocycles. The molecule has 4 heteroatoms. The Bertz CT molecular complexity index is 2470.